The highest BCUT2D eigenvalue weighted by atomic mass is 16.5. The normalized spacial score (nSPS) is 31.2. The molecule has 1 aliphatic carbocycles. The number of nitrogens with one attached hydrogen (secondary N) is 1. The van der Waals surface area contributed by atoms with Crippen LogP contribution in [0.3, 0.4) is 0 Å². The van der Waals surface area contributed by atoms with Crippen molar-refractivity contribution in [3.63, 3.8) is 0 Å². The molecule has 1 aliphatic heterocycles. The second-order valence-corrected chi connectivity index (χ2v) is 6.06. The molecule has 6 heteroatoms. The fourth-order valence-corrected chi connectivity index (χ4v) is 3.54. The van der Waals surface area contributed by atoms with Crippen LogP contribution < -0.4 is 16.8 Å². The Labute approximate surface area is 124 Å². The van der Waals surface area contributed by atoms with Crippen molar-refractivity contribution in [2.45, 2.75) is 44.9 Å². The minimum absolute atomic E-state index is 0.0119. The number of primary amides is 1. The number of carbonyl (C=O) groups is 1. The number of pyridine rings is 1. The fourth-order valence-electron chi connectivity index (χ4n) is 3.54. The van der Waals surface area contributed by atoms with Crippen molar-refractivity contribution >= 4 is 11.7 Å². The number of aryl methyl sites for hydroxylation is 2. The van der Waals surface area contributed by atoms with Crippen molar-refractivity contribution in [1.82, 2.24) is 4.98 Å². The third-order valence-corrected chi connectivity index (χ3v) is 4.57. The maximum Gasteiger partial charge on any atom is 0.252 e. The topological polar surface area (TPSA) is 103 Å². The molecular formula is C15H22N4O2. The van der Waals surface area contributed by atoms with Gasteiger partial charge in [0.2, 0.25) is 0 Å². The van der Waals surface area contributed by atoms with Gasteiger partial charge in [0.05, 0.1) is 17.7 Å². The lowest BCUT2D eigenvalue weighted by atomic mass is 9.68. The Balaban J connectivity index is 1.86. The Hall–Kier alpha value is -1.66. The molecule has 0 aromatic carbocycles. The highest BCUT2D eigenvalue weighted by Crippen LogP contribution is 2.38. The molecule has 3 rings (SSSR count). The van der Waals surface area contributed by atoms with Crippen LogP contribution in [0.4, 0.5) is 5.82 Å². The van der Waals surface area contributed by atoms with E-state index in [2.05, 4.69) is 10.3 Å². The lowest BCUT2D eigenvalue weighted by Gasteiger charge is -2.52. The van der Waals surface area contributed by atoms with Gasteiger partial charge in [0.15, 0.2) is 0 Å². The molecule has 0 bridgehead atoms. The van der Waals surface area contributed by atoms with Crippen LogP contribution in [0, 0.1) is 19.8 Å². The molecule has 21 heavy (non-hydrogen) atoms. The van der Waals surface area contributed by atoms with Gasteiger partial charge >= 0.3 is 0 Å². The zero-order valence-corrected chi connectivity index (χ0v) is 12.4. The number of rotatable bonds is 3. The summed E-state index contributed by atoms with van der Waals surface area (Å²) in [7, 11) is 0. The first-order valence-corrected chi connectivity index (χ1v) is 7.41. The summed E-state index contributed by atoms with van der Waals surface area (Å²) in [6.07, 6.45) is 2.28. The maximum absolute atomic E-state index is 11.7. The van der Waals surface area contributed by atoms with E-state index in [0.717, 1.165) is 30.7 Å². The number of nitrogens with zero attached hydrogens (tertiary/aromatic N) is 1. The van der Waals surface area contributed by atoms with Crippen LogP contribution in [0.1, 0.15) is 34.5 Å². The van der Waals surface area contributed by atoms with Crippen molar-refractivity contribution in [3.8, 4) is 0 Å². The Morgan fingerprint density at radius 1 is 1.48 bits per heavy atom. The van der Waals surface area contributed by atoms with Gasteiger partial charge in [-0.2, -0.15) is 0 Å². The van der Waals surface area contributed by atoms with Gasteiger partial charge in [-0.1, -0.05) is 0 Å². The van der Waals surface area contributed by atoms with Gasteiger partial charge in [0.25, 0.3) is 5.91 Å². The molecule has 5 N–H and O–H groups in total. The van der Waals surface area contributed by atoms with Gasteiger partial charge in [-0.05, 0) is 38.3 Å². The van der Waals surface area contributed by atoms with Crippen LogP contribution >= 0.6 is 0 Å². The number of carbonyl (C=O) groups excluding carboxylic acids is 1. The number of anilines is 1. The van der Waals surface area contributed by atoms with Crippen molar-refractivity contribution in [2.24, 2.45) is 17.4 Å². The van der Waals surface area contributed by atoms with Crippen molar-refractivity contribution in [1.29, 1.82) is 0 Å². The minimum atomic E-state index is -0.475. The molecule has 2 aliphatic rings. The lowest BCUT2D eigenvalue weighted by Crippen LogP contribution is -2.69. The average Bonchev–Trinajstić information content (AvgIpc) is 2.43. The van der Waals surface area contributed by atoms with Gasteiger partial charge in [-0.15, -0.1) is 0 Å². The van der Waals surface area contributed by atoms with E-state index in [1.807, 2.05) is 19.9 Å². The minimum Gasteiger partial charge on any atom is -0.376 e. The van der Waals surface area contributed by atoms with E-state index >= 15 is 0 Å². The molecule has 1 saturated heterocycles. The van der Waals surface area contributed by atoms with Crippen LogP contribution in [-0.4, -0.2) is 35.7 Å². The highest BCUT2D eigenvalue weighted by molar-refractivity contribution is 5.99. The summed E-state index contributed by atoms with van der Waals surface area (Å²) < 4.78 is 5.81. The number of ether oxygens (including phenoxy) is 1. The monoisotopic (exact) mass is 290 g/mol. The second kappa shape index (κ2) is 5.27. The van der Waals surface area contributed by atoms with E-state index < -0.39 is 5.91 Å². The Bertz CT molecular complexity index is 575. The van der Waals surface area contributed by atoms with E-state index in [9.17, 15) is 4.79 Å². The third kappa shape index (κ3) is 2.38. The van der Waals surface area contributed by atoms with Gasteiger partial charge in [-0.3, -0.25) is 4.79 Å². The van der Waals surface area contributed by atoms with Crippen LogP contribution in [0.25, 0.3) is 0 Å². The van der Waals surface area contributed by atoms with E-state index in [4.69, 9.17) is 16.2 Å². The average molecular weight is 290 g/mol. The Morgan fingerprint density at radius 2 is 2.24 bits per heavy atom. The molecule has 1 aromatic rings. The Kier molecular flexibility index (Phi) is 3.59. The summed E-state index contributed by atoms with van der Waals surface area (Å²) in [5.74, 6) is 0.448. The number of hydrogen-bond donors (Lipinski definition) is 3. The molecule has 6 nitrogen and oxygen atoms in total. The summed E-state index contributed by atoms with van der Waals surface area (Å²) in [5.41, 5.74) is 13.8. The summed E-state index contributed by atoms with van der Waals surface area (Å²) in [6.45, 7) is 4.53. The van der Waals surface area contributed by atoms with Crippen LogP contribution in [0.2, 0.25) is 0 Å². The van der Waals surface area contributed by atoms with Gasteiger partial charge in [-0.25, -0.2) is 4.98 Å². The molecule has 0 radical (unpaired) electrons. The number of aromatic nitrogens is 1. The first-order chi connectivity index (χ1) is 9.99. The maximum atomic E-state index is 11.7. The number of fused-ring (bicyclic) bond motifs is 1. The lowest BCUT2D eigenvalue weighted by molar-refractivity contribution is -0.104. The van der Waals surface area contributed by atoms with Gasteiger partial charge in [0.1, 0.15) is 5.82 Å². The van der Waals surface area contributed by atoms with Crippen LogP contribution in [0.5, 0.6) is 0 Å². The van der Waals surface area contributed by atoms with E-state index in [1.54, 1.807) is 0 Å². The second-order valence-electron chi connectivity index (χ2n) is 6.06. The van der Waals surface area contributed by atoms with Crippen LogP contribution in [0.15, 0.2) is 6.07 Å². The third-order valence-electron chi connectivity index (χ3n) is 4.57. The highest BCUT2D eigenvalue weighted by Gasteiger charge is 2.50. The first-order valence-electron chi connectivity index (χ1n) is 7.41. The predicted octanol–water partition coefficient (Wildman–Crippen LogP) is 0.714. The first kappa shape index (κ1) is 14.3. The summed E-state index contributed by atoms with van der Waals surface area (Å²) in [5, 5.41) is 3.30. The summed E-state index contributed by atoms with van der Waals surface area (Å²) in [4.78, 5) is 16.1. The van der Waals surface area contributed by atoms with Crippen molar-refractivity contribution in [3.05, 3.63) is 22.9 Å². The molecule has 2 heterocycles. The van der Waals surface area contributed by atoms with Crippen LogP contribution in [-0.2, 0) is 4.74 Å². The molecule has 114 valence electrons. The van der Waals surface area contributed by atoms with Gasteiger partial charge < -0.3 is 21.5 Å². The molecule has 1 aromatic heterocycles. The quantitative estimate of drug-likeness (QED) is 0.761. The van der Waals surface area contributed by atoms with E-state index in [1.165, 1.54) is 0 Å². The molecule has 4 atom stereocenters. The standard InChI is InChI=1S/C15H22N4O2/c1-7-6-8(2)18-15(10(7)14(17)20)19-12-11(16)9-4-3-5-21-13(9)12/h6,9,11-13H,3-5,16H2,1-2H3,(H2,17,20)(H,18,19). The fraction of sp³-hybridized carbons (Fsp3) is 0.600. The van der Waals surface area contributed by atoms with E-state index in [-0.39, 0.29) is 18.2 Å². The van der Waals surface area contributed by atoms with Gasteiger partial charge in [0, 0.05) is 24.3 Å². The number of amides is 1. The molecule has 1 saturated carbocycles. The summed E-state index contributed by atoms with van der Waals surface area (Å²) >= 11 is 0. The summed E-state index contributed by atoms with van der Waals surface area (Å²) in [6, 6.07) is 1.87. The predicted molar refractivity (Wildman–Crippen MR) is 80.1 cm³/mol. The molecule has 0 spiro atoms. The number of hydrogen-bond acceptors (Lipinski definition) is 5. The van der Waals surface area contributed by atoms with Crippen molar-refractivity contribution in [2.75, 3.05) is 11.9 Å². The van der Waals surface area contributed by atoms with Crippen molar-refractivity contribution < 1.29 is 9.53 Å². The molecule has 4 unspecified atom stereocenters. The SMILES string of the molecule is Cc1cc(C)c(C(N)=O)c(NC2C(N)C3CCCOC32)n1. The molecule has 1 amide bonds. The smallest absolute Gasteiger partial charge is 0.252 e. The molecular weight excluding hydrogens is 268 g/mol. The number of nitrogens with two attached hydrogens (primary N) is 2. The Morgan fingerprint density at radius 3 is 2.95 bits per heavy atom. The zero-order valence-electron chi connectivity index (χ0n) is 12.4. The largest absolute Gasteiger partial charge is 0.376 e. The zero-order chi connectivity index (χ0) is 15.1. The molecule has 2 fully saturated rings. The van der Waals surface area contributed by atoms with E-state index in [0.29, 0.717) is 17.3 Å².